The third-order valence-corrected chi connectivity index (χ3v) is 7.03. The fourth-order valence-electron chi connectivity index (χ4n) is 4.98. The summed E-state index contributed by atoms with van der Waals surface area (Å²) in [5, 5.41) is 3.02. The molecule has 0 aromatic carbocycles. The van der Waals surface area contributed by atoms with Crippen molar-refractivity contribution in [2.75, 3.05) is 0 Å². The third kappa shape index (κ3) is 14.9. The van der Waals surface area contributed by atoms with Gasteiger partial charge in [-0.15, -0.1) is 0 Å². The highest BCUT2D eigenvalue weighted by molar-refractivity contribution is 5.52. The van der Waals surface area contributed by atoms with Crippen LogP contribution in [0.5, 0.6) is 0 Å². The molecular weight excluding hydrogens is 434 g/mol. The summed E-state index contributed by atoms with van der Waals surface area (Å²) in [4.78, 5) is 3.55. The maximum absolute atomic E-state index is 3.55. The SMILES string of the molecule is CC.CCC/C=C\C/C=C\CCCCC.CCCCCCC1=c2c(C(CC)CCC)c[nH]c2=CCC1. The fraction of sp³-hybridized carbons (Fsp3) is 0.714. The molecule has 1 aromatic heterocycles. The minimum absolute atomic E-state index is 0.743. The average Bonchev–Trinajstić information content (AvgIpc) is 3.35. The molecule has 1 nitrogen and oxygen atoms in total. The zero-order valence-electron chi connectivity index (χ0n) is 25.6. The number of aromatic nitrogens is 1. The van der Waals surface area contributed by atoms with E-state index in [4.69, 9.17) is 0 Å². The van der Waals surface area contributed by atoms with Crippen LogP contribution in [-0.4, -0.2) is 4.98 Å². The van der Waals surface area contributed by atoms with Crippen LogP contribution >= 0.6 is 0 Å². The fourth-order valence-corrected chi connectivity index (χ4v) is 4.98. The van der Waals surface area contributed by atoms with Crippen molar-refractivity contribution in [1.82, 2.24) is 4.98 Å². The summed E-state index contributed by atoms with van der Waals surface area (Å²) in [5.41, 5.74) is 3.34. The van der Waals surface area contributed by atoms with Crippen molar-refractivity contribution in [1.29, 1.82) is 0 Å². The summed E-state index contributed by atoms with van der Waals surface area (Å²) in [6.45, 7) is 15.4. The molecule has 0 saturated heterocycles. The van der Waals surface area contributed by atoms with E-state index in [1.807, 2.05) is 13.8 Å². The molecule has 1 aliphatic rings. The van der Waals surface area contributed by atoms with Gasteiger partial charge in [-0.05, 0) is 75.7 Å². The molecule has 0 saturated carbocycles. The minimum Gasteiger partial charge on any atom is -0.361 e. The lowest BCUT2D eigenvalue weighted by Crippen LogP contribution is -2.31. The van der Waals surface area contributed by atoms with Crippen molar-refractivity contribution in [3.8, 4) is 0 Å². The molecule has 1 N–H and O–H groups in total. The van der Waals surface area contributed by atoms with Crippen molar-refractivity contribution < 1.29 is 0 Å². The standard InChI is InChI=1S/C20H33N.C13H24.C2H6/c1-4-7-8-9-12-17-13-10-14-19-20(17)18(15-21-19)16(6-3)11-5-2;1-3-5-7-9-11-13-12-10-8-6-4-2;1-2/h14-16,21H,4-13H2,1-3H3;7,9,12-13H,3-6,8,10-11H2,1-2H3;1-2H3/b;9-7-,13-12-;. The molecule has 1 atom stereocenters. The van der Waals surface area contributed by atoms with Gasteiger partial charge in [0.1, 0.15) is 0 Å². The van der Waals surface area contributed by atoms with Gasteiger partial charge in [0.2, 0.25) is 0 Å². The Hall–Kier alpha value is -1.50. The molecule has 0 radical (unpaired) electrons. The first-order valence-corrected chi connectivity index (χ1v) is 15.9. The smallest absolute Gasteiger partial charge is 0.0416 e. The molecule has 1 heteroatoms. The Morgan fingerprint density at radius 1 is 0.778 bits per heavy atom. The van der Waals surface area contributed by atoms with Crippen LogP contribution in [0.15, 0.2) is 30.5 Å². The van der Waals surface area contributed by atoms with Crippen LogP contribution in [0.3, 0.4) is 0 Å². The van der Waals surface area contributed by atoms with E-state index < -0.39 is 0 Å². The van der Waals surface area contributed by atoms with Crippen LogP contribution in [0.1, 0.15) is 169 Å². The van der Waals surface area contributed by atoms with Crippen LogP contribution in [-0.2, 0) is 0 Å². The summed E-state index contributed by atoms with van der Waals surface area (Å²) < 4.78 is 0. The molecule has 208 valence electrons. The van der Waals surface area contributed by atoms with E-state index in [0.717, 1.165) is 12.3 Å². The number of rotatable bonds is 17. The Morgan fingerprint density at radius 3 is 2.11 bits per heavy atom. The average molecular weight is 498 g/mol. The number of hydrogen-bond donors (Lipinski definition) is 1. The van der Waals surface area contributed by atoms with Crippen molar-refractivity contribution in [3.05, 3.63) is 46.6 Å². The lowest BCUT2D eigenvalue weighted by molar-refractivity contribution is 0.593. The number of unbranched alkanes of at least 4 members (excludes halogenated alkanes) is 7. The molecule has 1 aromatic rings. The van der Waals surface area contributed by atoms with E-state index in [0.29, 0.717) is 0 Å². The second-order valence-corrected chi connectivity index (χ2v) is 10.0. The van der Waals surface area contributed by atoms with E-state index in [1.165, 1.54) is 108 Å². The van der Waals surface area contributed by atoms with Gasteiger partial charge in [0.15, 0.2) is 0 Å². The summed E-state index contributed by atoms with van der Waals surface area (Å²) in [5.74, 6) is 0.743. The van der Waals surface area contributed by atoms with Crippen LogP contribution in [0.25, 0.3) is 11.6 Å². The Morgan fingerprint density at radius 2 is 1.47 bits per heavy atom. The third-order valence-electron chi connectivity index (χ3n) is 7.03. The second-order valence-electron chi connectivity index (χ2n) is 10.0. The first-order valence-electron chi connectivity index (χ1n) is 15.9. The lowest BCUT2D eigenvalue weighted by atomic mass is 9.88. The van der Waals surface area contributed by atoms with E-state index in [1.54, 1.807) is 16.4 Å². The lowest BCUT2D eigenvalue weighted by Gasteiger charge is -2.16. The largest absolute Gasteiger partial charge is 0.361 e. The first kappa shape index (κ1) is 34.5. The molecule has 36 heavy (non-hydrogen) atoms. The summed E-state index contributed by atoms with van der Waals surface area (Å²) in [6.07, 6.45) is 35.9. The predicted octanol–water partition coefficient (Wildman–Crippen LogP) is 10.9. The van der Waals surface area contributed by atoms with Crippen LogP contribution < -0.4 is 10.6 Å². The molecular formula is C35H63N. The van der Waals surface area contributed by atoms with Crippen LogP contribution in [0.2, 0.25) is 0 Å². The van der Waals surface area contributed by atoms with E-state index in [-0.39, 0.29) is 0 Å². The van der Waals surface area contributed by atoms with Gasteiger partial charge >= 0.3 is 0 Å². The minimum atomic E-state index is 0.743. The van der Waals surface area contributed by atoms with Crippen LogP contribution in [0, 0.1) is 0 Å². The number of H-pyrrole nitrogens is 1. The number of aromatic amines is 1. The molecule has 1 unspecified atom stereocenters. The molecule has 2 rings (SSSR count). The highest BCUT2D eigenvalue weighted by Crippen LogP contribution is 2.24. The van der Waals surface area contributed by atoms with Gasteiger partial charge in [-0.1, -0.05) is 129 Å². The quantitative estimate of drug-likeness (QED) is 0.163. The number of nitrogens with one attached hydrogen (secondary N) is 1. The normalized spacial score (nSPS) is 13.6. The Bertz CT molecular complexity index is 776. The first-order chi connectivity index (χ1) is 17.7. The maximum Gasteiger partial charge on any atom is 0.0416 e. The highest BCUT2D eigenvalue weighted by Gasteiger charge is 2.16. The van der Waals surface area contributed by atoms with E-state index >= 15 is 0 Å². The van der Waals surface area contributed by atoms with Gasteiger partial charge in [0.05, 0.1) is 0 Å². The Labute approximate surface area is 226 Å². The van der Waals surface area contributed by atoms with E-state index in [2.05, 4.69) is 76.2 Å². The van der Waals surface area contributed by atoms with Crippen molar-refractivity contribution in [2.24, 2.45) is 0 Å². The second kappa shape index (κ2) is 25.2. The van der Waals surface area contributed by atoms with Gasteiger partial charge in [-0.2, -0.15) is 0 Å². The highest BCUT2D eigenvalue weighted by atomic mass is 14.7. The molecule has 0 aliphatic heterocycles. The Kier molecular flexibility index (Phi) is 24.1. The topological polar surface area (TPSA) is 15.8 Å². The molecule has 0 fully saturated rings. The maximum atomic E-state index is 3.55. The summed E-state index contributed by atoms with van der Waals surface area (Å²) in [7, 11) is 0. The van der Waals surface area contributed by atoms with Gasteiger partial charge in [-0.3, -0.25) is 0 Å². The zero-order valence-corrected chi connectivity index (χ0v) is 25.6. The van der Waals surface area contributed by atoms with Crippen molar-refractivity contribution in [2.45, 2.75) is 164 Å². The molecule has 0 spiro atoms. The number of hydrogen-bond acceptors (Lipinski definition) is 0. The van der Waals surface area contributed by atoms with Crippen molar-refractivity contribution in [3.63, 3.8) is 0 Å². The number of fused-ring (bicyclic) bond motifs is 1. The van der Waals surface area contributed by atoms with Gasteiger partial charge in [0.25, 0.3) is 0 Å². The number of allylic oxidation sites excluding steroid dienone is 4. The van der Waals surface area contributed by atoms with Gasteiger partial charge < -0.3 is 4.98 Å². The zero-order chi connectivity index (χ0) is 26.9. The molecule has 0 bridgehead atoms. The molecule has 1 heterocycles. The molecule has 1 aliphatic carbocycles. The van der Waals surface area contributed by atoms with Gasteiger partial charge in [-0.25, -0.2) is 0 Å². The molecule has 0 amide bonds. The summed E-state index contributed by atoms with van der Waals surface area (Å²) in [6, 6.07) is 0. The summed E-state index contributed by atoms with van der Waals surface area (Å²) >= 11 is 0. The van der Waals surface area contributed by atoms with Crippen molar-refractivity contribution >= 4 is 11.6 Å². The van der Waals surface area contributed by atoms with Gasteiger partial charge in [0, 0.05) is 16.8 Å². The monoisotopic (exact) mass is 497 g/mol. The Balaban J connectivity index is 0.000000706. The predicted molar refractivity (Wildman–Crippen MR) is 167 cm³/mol. The van der Waals surface area contributed by atoms with Crippen LogP contribution in [0.4, 0.5) is 0 Å². The van der Waals surface area contributed by atoms with E-state index in [9.17, 15) is 0 Å².